The summed E-state index contributed by atoms with van der Waals surface area (Å²) in [5, 5.41) is 21.7. The van der Waals surface area contributed by atoms with E-state index in [2.05, 4.69) is 15.5 Å². The Kier molecular flexibility index (Phi) is 4.83. The molecule has 0 saturated carbocycles. The highest BCUT2D eigenvalue weighted by atomic mass is 16.6. The van der Waals surface area contributed by atoms with Crippen molar-refractivity contribution in [1.82, 2.24) is 15.5 Å². The molecule has 0 aliphatic heterocycles. The van der Waals surface area contributed by atoms with Crippen molar-refractivity contribution in [2.24, 2.45) is 0 Å². The van der Waals surface area contributed by atoms with Gasteiger partial charge in [-0.15, -0.1) is 10.2 Å². The SMILES string of the molecule is CNCCCc1nnc(-c2ccc([N+](=O)[O-])cc2OC)o1. The van der Waals surface area contributed by atoms with Crippen molar-refractivity contribution in [1.29, 1.82) is 0 Å². The van der Waals surface area contributed by atoms with E-state index in [0.717, 1.165) is 13.0 Å². The van der Waals surface area contributed by atoms with Crippen LogP contribution in [0.3, 0.4) is 0 Å². The Morgan fingerprint density at radius 1 is 1.43 bits per heavy atom. The van der Waals surface area contributed by atoms with E-state index in [9.17, 15) is 10.1 Å². The normalized spacial score (nSPS) is 10.6. The number of benzene rings is 1. The van der Waals surface area contributed by atoms with Crippen molar-refractivity contribution in [3.05, 3.63) is 34.2 Å². The van der Waals surface area contributed by atoms with E-state index in [4.69, 9.17) is 9.15 Å². The summed E-state index contributed by atoms with van der Waals surface area (Å²) in [4.78, 5) is 10.3. The van der Waals surface area contributed by atoms with Crippen LogP contribution in [0.25, 0.3) is 11.5 Å². The van der Waals surface area contributed by atoms with E-state index in [-0.39, 0.29) is 5.69 Å². The van der Waals surface area contributed by atoms with Crippen LogP contribution < -0.4 is 10.1 Å². The average Bonchev–Trinajstić information content (AvgIpc) is 2.95. The third kappa shape index (κ3) is 3.54. The number of aryl methyl sites for hydroxylation is 1. The van der Waals surface area contributed by atoms with Gasteiger partial charge in [-0.05, 0) is 26.1 Å². The molecule has 112 valence electrons. The molecule has 2 rings (SSSR count). The second kappa shape index (κ2) is 6.80. The molecule has 0 unspecified atom stereocenters. The van der Waals surface area contributed by atoms with Crippen LogP contribution >= 0.6 is 0 Å². The highest BCUT2D eigenvalue weighted by molar-refractivity contribution is 5.65. The van der Waals surface area contributed by atoms with Crippen LogP contribution in [0, 0.1) is 10.1 Å². The maximum absolute atomic E-state index is 10.8. The van der Waals surface area contributed by atoms with Gasteiger partial charge in [0.2, 0.25) is 5.89 Å². The second-order valence-corrected chi connectivity index (χ2v) is 4.35. The molecule has 0 atom stereocenters. The fourth-order valence-corrected chi connectivity index (χ4v) is 1.85. The standard InChI is InChI=1S/C13H16N4O4/c1-14-7-3-4-12-15-16-13(21-12)10-6-5-9(17(18)19)8-11(10)20-2/h5-6,8,14H,3-4,7H2,1-2H3. The lowest BCUT2D eigenvalue weighted by molar-refractivity contribution is -0.384. The first-order valence-electron chi connectivity index (χ1n) is 6.45. The predicted octanol–water partition coefficient (Wildman–Crippen LogP) is 1.81. The van der Waals surface area contributed by atoms with E-state index in [0.29, 0.717) is 29.5 Å². The van der Waals surface area contributed by atoms with Gasteiger partial charge >= 0.3 is 0 Å². The Hall–Kier alpha value is -2.48. The number of aromatic nitrogens is 2. The van der Waals surface area contributed by atoms with Gasteiger partial charge in [0.15, 0.2) is 0 Å². The number of hydrogen-bond acceptors (Lipinski definition) is 7. The number of methoxy groups -OCH3 is 1. The smallest absolute Gasteiger partial charge is 0.273 e. The van der Waals surface area contributed by atoms with E-state index < -0.39 is 4.92 Å². The Bertz CT molecular complexity index is 626. The summed E-state index contributed by atoms with van der Waals surface area (Å²) < 4.78 is 10.7. The van der Waals surface area contributed by atoms with Gasteiger partial charge in [-0.1, -0.05) is 0 Å². The van der Waals surface area contributed by atoms with E-state index in [1.807, 2.05) is 7.05 Å². The monoisotopic (exact) mass is 292 g/mol. The zero-order valence-electron chi connectivity index (χ0n) is 11.8. The third-order valence-corrected chi connectivity index (χ3v) is 2.91. The summed E-state index contributed by atoms with van der Waals surface area (Å²) >= 11 is 0. The minimum absolute atomic E-state index is 0.0515. The van der Waals surface area contributed by atoms with Crippen LogP contribution in [0.1, 0.15) is 12.3 Å². The molecular formula is C13H16N4O4. The molecule has 1 aromatic carbocycles. The molecule has 21 heavy (non-hydrogen) atoms. The first kappa shape index (κ1) is 14.9. The number of nitro groups is 1. The van der Waals surface area contributed by atoms with Gasteiger partial charge < -0.3 is 14.5 Å². The Labute approximate surface area is 121 Å². The van der Waals surface area contributed by atoms with Crippen LogP contribution in [-0.4, -0.2) is 35.8 Å². The first-order chi connectivity index (χ1) is 10.2. The van der Waals surface area contributed by atoms with Gasteiger partial charge in [0.05, 0.1) is 23.7 Å². The highest BCUT2D eigenvalue weighted by Gasteiger charge is 2.17. The van der Waals surface area contributed by atoms with Crippen LogP contribution in [0.2, 0.25) is 0 Å². The highest BCUT2D eigenvalue weighted by Crippen LogP contribution is 2.32. The number of nitrogens with zero attached hydrogens (tertiary/aromatic N) is 3. The molecule has 2 aromatic rings. The van der Waals surface area contributed by atoms with Crippen LogP contribution in [0.4, 0.5) is 5.69 Å². The molecule has 0 saturated heterocycles. The summed E-state index contributed by atoms with van der Waals surface area (Å²) in [6.45, 7) is 0.860. The number of nitro benzene ring substituents is 1. The summed E-state index contributed by atoms with van der Waals surface area (Å²) in [7, 11) is 3.31. The zero-order valence-corrected chi connectivity index (χ0v) is 11.8. The molecular weight excluding hydrogens is 276 g/mol. The number of rotatable bonds is 7. The third-order valence-electron chi connectivity index (χ3n) is 2.91. The minimum Gasteiger partial charge on any atom is -0.496 e. The minimum atomic E-state index is -0.483. The number of hydrogen-bond donors (Lipinski definition) is 1. The molecule has 0 spiro atoms. The summed E-state index contributed by atoms with van der Waals surface area (Å²) in [5.74, 6) is 1.15. The van der Waals surface area contributed by atoms with Gasteiger partial charge in [0, 0.05) is 12.5 Å². The van der Waals surface area contributed by atoms with Crippen molar-refractivity contribution in [2.75, 3.05) is 20.7 Å². The summed E-state index contributed by atoms with van der Waals surface area (Å²) in [5.41, 5.74) is 0.486. The Balaban J connectivity index is 2.23. The first-order valence-corrected chi connectivity index (χ1v) is 6.45. The van der Waals surface area contributed by atoms with Crippen molar-refractivity contribution in [2.45, 2.75) is 12.8 Å². The maximum Gasteiger partial charge on any atom is 0.273 e. The van der Waals surface area contributed by atoms with Gasteiger partial charge in [0.25, 0.3) is 11.6 Å². The molecule has 8 heteroatoms. The zero-order chi connectivity index (χ0) is 15.2. The molecule has 1 N–H and O–H groups in total. The lowest BCUT2D eigenvalue weighted by Gasteiger charge is -2.04. The molecule has 0 bridgehead atoms. The van der Waals surface area contributed by atoms with E-state index in [1.165, 1.54) is 19.2 Å². The average molecular weight is 292 g/mol. The van der Waals surface area contributed by atoms with Gasteiger partial charge in [0.1, 0.15) is 5.75 Å². The fraction of sp³-hybridized carbons (Fsp3) is 0.385. The molecule has 0 amide bonds. The Morgan fingerprint density at radius 2 is 2.24 bits per heavy atom. The maximum atomic E-state index is 10.8. The lowest BCUT2D eigenvalue weighted by atomic mass is 10.2. The van der Waals surface area contributed by atoms with E-state index in [1.54, 1.807) is 6.07 Å². The fourth-order valence-electron chi connectivity index (χ4n) is 1.85. The summed E-state index contributed by atoms with van der Waals surface area (Å²) in [6, 6.07) is 4.25. The molecule has 1 heterocycles. The molecule has 8 nitrogen and oxygen atoms in total. The van der Waals surface area contributed by atoms with Gasteiger partial charge in [-0.2, -0.15) is 0 Å². The van der Waals surface area contributed by atoms with Crippen molar-refractivity contribution < 1.29 is 14.1 Å². The van der Waals surface area contributed by atoms with Gasteiger partial charge in [-0.25, -0.2) is 0 Å². The largest absolute Gasteiger partial charge is 0.496 e. The van der Waals surface area contributed by atoms with Gasteiger partial charge in [-0.3, -0.25) is 10.1 Å². The number of nitrogens with one attached hydrogen (secondary N) is 1. The number of ether oxygens (including phenoxy) is 1. The van der Waals surface area contributed by atoms with Crippen molar-refractivity contribution in [3.63, 3.8) is 0 Å². The molecule has 0 aliphatic carbocycles. The summed E-state index contributed by atoms with van der Waals surface area (Å²) in [6.07, 6.45) is 1.55. The molecule has 0 radical (unpaired) electrons. The van der Waals surface area contributed by atoms with Crippen LogP contribution in [0.15, 0.2) is 22.6 Å². The predicted molar refractivity (Wildman–Crippen MR) is 75.2 cm³/mol. The van der Waals surface area contributed by atoms with Crippen molar-refractivity contribution >= 4 is 5.69 Å². The molecule has 0 fully saturated rings. The van der Waals surface area contributed by atoms with E-state index >= 15 is 0 Å². The second-order valence-electron chi connectivity index (χ2n) is 4.35. The molecule has 1 aromatic heterocycles. The quantitative estimate of drug-likeness (QED) is 0.471. The van der Waals surface area contributed by atoms with Crippen molar-refractivity contribution in [3.8, 4) is 17.2 Å². The van der Waals surface area contributed by atoms with Crippen LogP contribution in [-0.2, 0) is 6.42 Å². The number of non-ortho nitro benzene ring substituents is 1. The topological polar surface area (TPSA) is 103 Å². The Morgan fingerprint density at radius 3 is 2.90 bits per heavy atom. The lowest BCUT2D eigenvalue weighted by Crippen LogP contribution is -2.08. The molecule has 0 aliphatic rings. The van der Waals surface area contributed by atoms with Crippen LogP contribution in [0.5, 0.6) is 5.75 Å².